The first-order chi connectivity index (χ1) is 12.7. The van der Waals surface area contributed by atoms with Crippen molar-refractivity contribution in [1.29, 1.82) is 0 Å². The standard InChI is InChI=1S/C20H28N2O5/c1-20(2,3)27-12-10-16(19(25)26)21-18(24)15-8-6-14(7-9-15)13-22-11-4-5-17(22)23/h6-9,16H,4-5,10-13H2,1-3H3,(H,21,24)(H,25,26). The summed E-state index contributed by atoms with van der Waals surface area (Å²) in [5.74, 6) is -1.38. The highest BCUT2D eigenvalue weighted by Crippen LogP contribution is 2.15. The van der Waals surface area contributed by atoms with Crippen LogP contribution in [0.5, 0.6) is 0 Å². The summed E-state index contributed by atoms with van der Waals surface area (Å²) in [5, 5.41) is 11.9. The molecule has 7 nitrogen and oxygen atoms in total. The molecule has 148 valence electrons. The van der Waals surface area contributed by atoms with Crippen LogP contribution in [0.3, 0.4) is 0 Å². The fraction of sp³-hybridized carbons (Fsp3) is 0.550. The van der Waals surface area contributed by atoms with E-state index in [2.05, 4.69) is 5.32 Å². The molecule has 1 aromatic carbocycles. The van der Waals surface area contributed by atoms with Gasteiger partial charge in [0.1, 0.15) is 6.04 Å². The fourth-order valence-electron chi connectivity index (χ4n) is 2.84. The Bertz CT molecular complexity index is 679. The van der Waals surface area contributed by atoms with Gasteiger partial charge in [0, 0.05) is 38.1 Å². The number of nitrogens with zero attached hydrogens (tertiary/aromatic N) is 1. The SMILES string of the molecule is CC(C)(C)OCCC(NC(=O)c1ccc(CN2CCCC2=O)cc1)C(=O)O. The molecule has 1 heterocycles. The fourth-order valence-corrected chi connectivity index (χ4v) is 2.84. The second-order valence-corrected chi connectivity index (χ2v) is 7.73. The van der Waals surface area contributed by atoms with Crippen LogP contribution in [-0.4, -0.2) is 52.6 Å². The van der Waals surface area contributed by atoms with Crippen molar-refractivity contribution in [2.24, 2.45) is 0 Å². The molecule has 2 rings (SSSR count). The van der Waals surface area contributed by atoms with Crippen LogP contribution in [-0.2, 0) is 20.9 Å². The number of rotatable bonds is 8. The molecule has 2 N–H and O–H groups in total. The van der Waals surface area contributed by atoms with E-state index < -0.39 is 17.9 Å². The van der Waals surface area contributed by atoms with E-state index in [1.807, 2.05) is 20.8 Å². The van der Waals surface area contributed by atoms with Gasteiger partial charge in [0.05, 0.1) is 5.60 Å². The summed E-state index contributed by atoms with van der Waals surface area (Å²) in [6, 6.07) is 5.87. The van der Waals surface area contributed by atoms with Crippen LogP contribution in [0.1, 0.15) is 56.0 Å². The number of nitrogens with one attached hydrogen (secondary N) is 1. The number of hydrogen-bond donors (Lipinski definition) is 2. The average molecular weight is 376 g/mol. The van der Waals surface area contributed by atoms with E-state index in [-0.39, 0.29) is 24.5 Å². The Morgan fingerprint density at radius 2 is 1.93 bits per heavy atom. The number of carboxylic acids is 1. The number of hydrogen-bond acceptors (Lipinski definition) is 4. The van der Waals surface area contributed by atoms with E-state index in [9.17, 15) is 19.5 Å². The molecule has 0 spiro atoms. The number of likely N-dealkylation sites (tertiary alicyclic amines) is 1. The van der Waals surface area contributed by atoms with Gasteiger partial charge in [-0.1, -0.05) is 12.1 Å². The van der Waals surface area contributed by atoms with Crippen LogP contribution in [0.4, 0.5) is 0 Å². The summed E-state index contributed by atoms with van der Waals surface area (Å²) < 4.78 is 5.54. The maximum atomic E-state index is 12.3. The number of carbonyl (C=O) groups is 3. The van der Waals surface area contributed by atoms with Crippen LogP contribution < -0.4 is 5.32 Å². The average Bonchev–Trinajstić information content (AvgIpc) is 2.98. The number of ether oxygens (including phenoxy) is 1. The largest absolute Gasteiger partial charge is 0.480 e. The first kappa shape index (κ1) is 20.9. The summed E-state index contributed by atoms with van der Waals surface area (Å²) in [6.45, 7) is 7.19. The van der Waals surface area contributed by atoms with Crippen molar-refractivity contribution in [2.45, 2.75) is 58.2 Å². The number of benzene rings is 1. The van der Waals surface area contributed by atoms with Crippen LogP contribution in [0.15, 0.2) is 24.3 Å². The second-order valence-electron chi connectivity index (χ2n) is 7.73. The minimum atomic E-state index is -1.09. The van der Waals surface area contributed by atoms with Crippen molar-refractivity contribution in [3.05, 3.63) is 35.4 Å². The molecule has 0 saturated carbocycles. The molecule has 0 radical (unpaired) electrons. The van der Waals surface area contributed by atoms with Gasteiger partial charge in [-0.15, -0.1) is 0 Å². The lowest BCUT2D eigenvalue weighted by atomic mass is 10.1. The van der Waals surface area contributed by atoms with Crippen molar-refractivity contribution in [1.82, 2.24) is 10.2 Å². The summed E-state index contributed by atoms with van der Waals surface area (Å²) >= 11 is 0. The Morgan fingerprint density at radius 3 is 2.44 bits per heavy atom. The number of amides is 2. The van der Waals surface area contributed by atoms with Gasteiger partial charge in [-0.3, -0.25) is 9.59 Å². The normalized spacial score (nSPS) is 15.7. The molecule has 1 atom stereocenters. The summed E-state index contributed by atoms with van der Waals surface area (Å²) in [7, 11) is 0. The van der Waals surface area contributed by atoms with Crippen LogP contribution in [0, 0.1) is 0 Å². The summed E-state index contributed by atoms with van der Waals surface area (Å²) in [4.78, 5) is 37.2. The van der Waals surface area contributed by atoms with E-state index in [4.69, 9.17) is 4.74 Å². The number of carboxylic acid groups (broad SMARTS) is 1. The van der Waals surface area contributed by atoms with Gasteiger partial charge in [0.25, 0.3) is 5.91 Å². The quantitative estimate of drug-likeness (QED) is 0.725. The Labute approximate surface area is 159 Å². The predicted molar refractivity (Wildman–Crippen MR) is 100 cm³/mol. The molecule has 0 bridgehead atoms. The van der Waals surface area contributed by atoms with Gasteiger partial charge in [-0.05, 0) is 44.9 Å². The third-order valence-corrected chi connectivity index (χ3v) is 4.31. The van der Waals surface area contributed by atoms with E-state index in [0.29, 0.717) is 18.5 Å². The van der Waals surface area contributed by atoms with E-state index >= 15 is 0 Å². The van der Waals surface area contributed by atoms with Gasteiger partial charge in [-0.25, -0.2) is 4.79 Å². The number of aliphatic carboxylic acids is 1. The molecule has 2 amide bonds. The molecule has 1 aliphatic heterocycles. The third kappa shape index (κ3) is 6.67. The minimum Gasteiger partial charge on any atom is -0.480 e. The van der Waals surface area contributed by atoms with Crippen molar-refractivity contribution in [2.75, 3.05) is 13.2 Å². The smallest absolute Gasteiger partial charge is 0.326 e. The zero-order chi connectivity index (χ0) is 20.0. The lowest BCUT2D eigenvalue weighted by Gasteiger charge is -2.21. The number of carbonyl (C=O) groups excluding carboxylic acids is 2. The molecule has 27 heavy (non-hydrogen) atoms. The van der Waals surface area contributed by atoms with Gasteiger partial charge < -0.3 is 20.1 Å². The maximum absolute atomic E-state index is 12.3. The van der Waals surface area contributed by atoms with Gasteiger partial charge in [0.2, 0.25) is 5.91 Å². The first-order valence-corrected chi connectivity index (χ1v) is 9.20. The van der Waals surface area contributed by atoms with Gasteiger partial charge in [-0.2, -0.15) is 0 Å². The maximum Gasteiger partial charge on any atom is 0.326 e. The van der Waals surface area contributed by atoms with Crippen molar-refractivity contribution >= 4 is 17.8 Å². The first-order valence-electron chi connectivity index (χ1n) is 9.20. The lowest BCUT2D eigenvalue weighted by Crippen LogP contribution is -2.42. The zero-order valence-electron chi connectivity index (χ0n) is 16.2. The van der Waals surface area contributed by atoms with Crippen molar-refractivity contribution < 1.29 is 24.2 Å². The predicted octanol–water partition coefficient (Wildman–Crippen LogP) is 2.20. The summed E-state index contributed by atoms with van der Waals surface area (Å²) in [5.41, 5.74) is 0.962. The van der Waals surface area contributed by atoms with Crippen LogP contribution in [0.25, 0.3) is 0 Å². The van der Waals surface area contributed by atoms with Gasteiger partial charge >= 0.3 is 5.97 Å². The highest BCUT2D eigenvalue weighted by Gasteiger charge is 2.22. The van der Waals surface area contributed by atoms with Crippen LogP contribution >= 0.6 is 0 Å². The molecular weight excluding hydrogens is 348 g/mol. The molecule has 1 aliphatic rings. The highest BCUT2D eigenvalue weighted by molar-refractivity contribution is 5.96. The monoisotopic (exact) mass is 376 g/mol. The molecular formula is C20H28N2O5. The Balaban J connectivity index is 1.91. The van der Waals surface area contributed by atoms with Crippen molar-refractivity contribution in [3.8, 4) is 0 Å². The molecule has 0 aromatic heterocycles. The molecule has 1 aromatic rings. The molecule has 7 heteroatoms. The summed E-state index contributed by atoms with van der Waals surface area (Å²) in [6.07, 6.45) is 1.67. The molecule has 0 aliphatic carbocycles. The molecule has 1 unspecified atom stereocenters. The Kier molecular flexibility index (Phi) is 6.96. The van der Waals surface area contributed by atoms with Crippen LogP contribution in [0.2, 0.25) is 0 Å². The van der Waals surface area contributed by atoms with E-state index in [0.717, 1.165) is 18.5 Å². The second kappa shape index (κ2) is 8.99. The topological polar surface area (TPSA) is 95.9 Å². The molecule has 1 saturated heterocycles. The lowest BCUT2D eigenvalue weighted by molar-refractivity contribution is -0.140. The van der Waals surface area contributed by atoms with E-state index in [1.165, 1.54) is 0 Å². The minimum absolute atomic E-state index is 0.151. The third-order valence-electron chi connectivity index (χ3n) is 4.31. The zero-order valence-corrected chi connectivity index (χ0v) is 16.2. The molecule has 1 fully saturated rings. The van der Waals surface area contributed by atoms with Gasteiger partial charge in [0.15, 0.2) is 0 Å². The van der Waals surface area contributed by atoms with E-state index in [1.54, 1.807) is 29.2 Å². The van der Waals surface area contributed by atoms with Crippen molar-refractivity contribution in [3.63, 3.8) is 0 Å². The Hall–Kier alpha value is -2.41. The highest BCUT2D eigenvalue weighted by atomic mass is 16.5. The Morgan fingerprint density at radius 1 is 1.26 bits per heavy atom.